The Bertz CT molecular complexity index is 677. The van der Waals surface area contributed by atoms with E-state index in [0.717, 1.165) is 11.1 Å². The third-order valence-corrected chi connectivity index (χ3v) is 3.73. The van der Waals surface area contributed by atoms with Crippen molar-refractivity contribution in [1.29, 1.82) is 0 Å². The summed E-state index contributed by atoms with van der Waals surface area (Å²) in [4.78, 5) is 23.3. The Kier molecular flexibility index (Phi) is 6.98. The molecule has 2 unspecified atom stereocenters. The van der Waals surface area contributed by atoms with Crippen LogP contribution in [0.15, 0.2) is 60.7 Å². The van der Waals surface area contributed by atoms with Crippen LogP contribution in [0.4, 0.5) is 4.79 Å². The maximum atomic E-state index is 12.4. The molecule has 0 aliphatic rings. The van der Waals surface area contributed by atoms with E-state index in [2.05, 4.69) is 5.32 Å². The molecule has 6 nitrogen and oxygen atoms in total. The Balaban J connectivity index is 1.96. The third kappa shape index (κ3) is 6.64. The fraction of sp³-hybridized carbons (Fsp3) is 0.263. The van der Waals surface area contributed by atoms with Gasteiger partial charge in [0.25, 0.3) is 0 Å². The van der Waals surface area contributed by atoms with Crippen LogP contribution < -0.4 is 16.8 Å². The van der Waals surface area contributed by atoms with Crippen molar-refractivity contribution in [3.8, 4) is 0 Å². The predicted octanol–water partition coefficient (Wildman–Crippen LogP) is 1.38. The number of hydrogen-bond donors (Lipinski definition) is 3. The summed E-state index contributed by atoms with van der Waals surface area (Å²) in [5, 5.41) is 2.84. The molecule has 0 aliphatic heterocycles. The first-order valence-electron chi connectivity index (χ1n) is 8.10. The molecule has 132 valence electrons. The van der Waals surface area contributed by atoms with Crippen molar-refractivity contribution < 1.29 is 14.3 Å². The normalized spacial score (nSPS) is 12.8. The number of carbonyl (C=O) groups excluding carboxylic acids is 2. The minimum absolute atomic E-state index is 0.00593. The minimum atomic E-state index is -0.874. The Labute approximate surface area is 147 Å². The zero-order chi connectivity index (χ0) is 18.1. The number of nitrogens with two attached hydrogens (primary N) is 2. The fourth-order valence-electron chi connectivity index (χ4n) is 2.50. The monoisotopic (exact) mass is 341 g/mol. The molecule has 25 heavy (non-hydrogen) atoms. The molecule has 2 aromatic rings. The lowest BCUT2D eigenvalue weighted by molar-refractivity contribution is -0.123. The summed E-state index contributed by atoms with van der Waals surface area (Å²) in [5.74, 6) is -0.294. The summed E-state index contributed by atoms with van der Waals surface area (Å²) in [6, 6.07) is 18.1. The van der Waals surface area contributed by atoms with Gasteiger partial charge in [0.2, 0.25) is 5.91 Å². The maximum absolute atomic E-state index is 12.4. The molecule has 0 radical (unpaired) electrons. The standard InChI is InChI=1S/C19H23N3O3/c20-17(12-15-9-5-2-6-10-15)18(23)22-16(13-25-19(21)24)11-14-7-3-1-4-8-14/h1-10,16-17H,11-13,20H2,(H2,21,24)(H,22,23). The predicted molar refractivity (Wildman–Crippen MR) is 95.7 cm³/mol. The van der Waals surface area contributed by atoms with Crippen molar-refractivity contribution in [2.45, 2.75) is 24.9 Å². The van der Waals surface area contributed by atoms with Crippen molar-refractivity contribution in [2.75, 3.05) is 6.61 Å². The second-order valence-electron chi connectivity index (χ2n) is 5.82. The zero-order valence-electron chi connectivity index (χ0n) is 13.9. The molecule has 2 rings (SSSR count). The van der Waals surface area contributed by atoms with E-state index >= 15 is 0 Å². The Morgan fingerprint density at radius 2 is 1.44 bits per heavy atom. The van der Waals surface area contributed by atoms with Crippen LogP contribution in [0.1, 0.15) is 11.1 Å². The Morgan fingerprint density at radius 1 is 0.920 bits per heavy atom. The molecule has 2 aromatic carbocycles. The van der Waals surface area contributed by atoms with Crippen LogP contribution in [-0.2, 0) is 22.4 Å². The number of primary amides is 1. The van der Waals surface area contributed by atoms with Gasteiger partial charge in [-0.2, -0.15) is 0 Å². The molecule has 5 N–H and O–H groups in total. The van der Waals surface area contributed by atoms with Crippen molar-refractivity contribution in [3.05, 3.63) is 71.8 Å². The molecule has 0 bridgehead atoms. The highest BCUT2D eigenvalue weighted by molar-refractivity contribution is 5.82. The van der Waals surface area contributed by atoms with Crippen molar-refractivity contribution >= 4 is 12.0 Å². The molecule has 0 saturated carbocycles. The largest absolute Gasteiger partial charge is 0.448 e. The van der Waals surface area contributed by atoms with Gasteiger partial charge in [-0.15, -0.1) is 0 Å². The van der Waals surface area contributed by atoms with Crippen LogP contribution in [0, 0.1) is 0 Å². The van der Waals surface area contributed by atoms with Gasteiger partial charge in [-0.25, -0.2) is 4.79 Å². The van der Waals surface area contributed by atoms with Crippen molar-refractivity contribution in [2.24, 2.45) is 11.5 Å². The van der Waals surface area contributed by atoms with Gasteiger partial charge in [-0.1, -0.05) is 60.7 Å². The first-order valence-corrected chi connectivity index (χ1v) is 8.10. The van der Waals surface area contributed by atoms with Gasteiger partial charge in [-0.3, -0.25) is 4.79 Å². The van der Waals surface area contributed by atoms with Crippen LogP contribution in [0.5, 0.6) is 0 Å². The summed E-state index contributed by atoms with van der Waals surface area (Å²) < 4.78 is 4.86. The SMILES string of the molecule is NC(=O)OCC(Cc1ccccc1)NC(=O)C(N)Cc1ccccc1. The van der Waals surface area contributed by atoms with E-state index < -0.39 is 18.2 Å². The molecular formula is C19H23N3O3. The highest BCUT2D eigenvalue weighted by Gasteiger charge is 2.20. The third-order valence-electron chi connectivity index (χ3n) is 3.73. The average molecular weight is 341 g/mol. The van der Waals surface area contributed by atoms with Crippen LogP contribution in [0.25, 0.3) is 0 Å². The van der Waals surface area contributed by atoms with Gasteiger partial charge in [0.05, 0.1) is 12.1 Å². The van der Waals surface area contributed by atoms with E-state index in [0.29, 0.717) is 12.8 Å². The van der Waals surface area contributed by atoms with Crippen molar-refractivity contribution in [1.82, 2.24) is 5.32 Å². The molecule has 0 heterocycles. The summed E-state index contributed by atoms with van der Waals surface area (Å²) in [6.45, 7) is -0.00593. The van der Waals surface area contributed by atoms with Crippen LogP contribution in [0.2, 0.25) is 0 Å². The molecular weight excluding hydrogens is 318 g/mol. The van der Waals surface area contributed by atoms with Gasteiger partial charge in [-0.05, 0) is 24.0 Å². The van der Waals surface area contributed by atoms with E-state index in [4.69, 9.17) is 16.2 Å². The molecule has 0 aliphatic carbocycles. The Morgan fingerprint density at radius 3 is 1.96 bits per heavy atom. The van der Waals surface area contributed by atoms with Crippen molar-refractivity contribution in [3.63, 3.8) is 0 Å². The molecule has 0 fully saturated rings. The lowest BCUT2D eigenvalue weighted by Crippen LogP contribution is -2.49. The summed E-state index contributed by atoms with van der Waals surface area (Å²) in [6.07, 6.45) is 0.0696. The van der Waals surface area contributed by atoms with Gasteiger partial charge in [0, 0.05) is 0 Å². The number of rotatable bonds is 8. The second kappa shape index (κ2) is 9.44. The van der Waals surface area contributed by atoms with E-state index in [-0.39, 0.29) is 12.5 Å². The average Bonchev–Trinajstić information content (AvgIpc) is 2.61. The molecule has 2 atom stereocenters. The summed E-state index contributed by atoms with van der Waals surface area (Å²) in [7, 11) is 0. The van der Waals surface area contributed by atoms with Gasteiger partial charge in [0.1, 0.15) is 6.61 Å². The van der Waals surface area contributed by atoms with E-state index in [1.54, 1.807) is 0 Å². The lowest BCUT2D eigenvalue weighted by atomic mass is 10.0. The number of benzene rings is 2. The van der Waals surface area contributed by atoms with Gasteiger partial charge in [0.15, 0.2) is 0 Å². The molecule has 0 spiro atoms. The molecule has 0 aromatic heterocycles. The number of hydrogen-bond acceptors (Lipinski definition) is 4. The maximum Gasteiger partial charge on any atom is 0.404 e. The quantitative estimate of drug-likeness (QED) is 0.674. The molecule has 0 saturated heterocycles. The first-order chi connectivity index (χ1) is 12.0. The molecule has 6 heteroatoms. The number of nitrogens with one attached hydrogen (secondary N) is 1. The lowest BCUT2D eigenvalue weighted by Gasteiger charge is -2.21. The van der Waals surface area contributed by atoms with E-state index in [9.17, 15) is 9.59 Å². The fourth-order valence-corrected chi connectivity index (χ4v) is 2.50. The summed E-state index contributed by atoms with van der Waals surface area (Å²) >= 11 is 0. The zero-order valence-corrected chi connectivity index (χ0v) is 13.9. The highest BCUT2D eigenvalue weighted by atomic mass is 16.5. The van der Waals surface area contributed by atoms with Gasteiger partial charge >= 0.3 is 6.09 Å². The smallest absolute Gasteiger partial charge is 0.404 e. The molecule has 2 amide bonds. The van der Waals surface area contributed by atoms with Gasteiger partial charge < -0.3 is 21.5 Å². The first kappa shape index (κ1) is 18.5. The van der Waals surface area contributed by atoms with E-state index in [1.165, 1.54) is 0 Å². The number of amides is 2. The number of ether oxygens (including phenoxy) is 1. The van der Waals surface area contributed by atoms with Crippen LogP contribution in [0.3, 0.4) is 0 Å². The Hall–Kier alpha value is -2.86. The second-order valence-corrected chi connectivity index (χ2v) is 5.82. The summed E-state index contributed by atoms with van der Waals surface area (Å²) in [5.41, 5.74) is 13.0. The highest BCUT2D eigenvalue weighted by Crippen LogP contribution is 2.06. The number of carbonyl (C=O) groups is 2. The minimum Gasteiger partial charge on any atom is -0.448 e. The van der Waals surface area contributed by atoms with Crippen LogP contribution >= 0.6 is 0 Å². The van der Waals surface area contributed by atoms with Crippen LogP contribution in [-0.4, -0.2) is 30.7 Å². The van der Waals surface area contributed by atoms with E-state index in [1.807, 2.05) is 60.7 Å². The topological polar surface area (TPSA) is 107 Å².